The molecule has 2 saturated carbocycles. The van der Waals surface area contributed by atoms with Crippen molar-refractivity contribution in [3.63, 3.8) is 0 Å². The molecule has 2 aromatic rings. The third-order valence-electron chi connectivity index (χ3n) is 5.49. The van der Waals surface area contributed by atoms with Crippen LogP contribution >= 0.6 is 0 Å². The van der Waals surface area contributed by atoms with Gasteiger partial charge in [-0.15, -0.1) is 0 Å². The number of nitrogens with one attached hydrogen (secondary N) is 2. The van der Waals surface area contributed by atoms with Crippen LogP contribution in [0, 0.1) is 23.2 Å². The molecule has 160 valence electrons. The highest BCUT2D eigenvalue weighted by Gasteiger charge is 2.30. The minimum absolute atomic E-state index is 0.0288. The van der Waals surface area contributed by atoms with Gasteiger partial charge >= 0.3 is 0 Å². The van der Waals surface area contributed by atoms with Gasteiger partial charge in [0.15, 0.2) is 11.5 Å². The predicted octanol–water partition coefficient (Wildman–Crippen LogP) is 2.43. The number of nitrogens with zero attached hydrogens (tertiary/aromatic N) is 5. The van der Waals surface area contributed by atoms with Crippen molar-refractivity contribution in [3.05, 3.63) is 30.4 Å². The van der Waals surface area contributed by atoms with E-state index in [1.165, 1.54) is 19.0 Å². The maximum Gasteiger partial charge on any atom is 0.244 e. The van der Waals surface area contributed by atoms with Gasteiger partial charge in [-0.3, -0.25) is 14.6 Å². The zero-order valence-corrected chi connectivity index (χ0v) is 17.6. The first-order valence-electron chi connectivity index (χ1n) is 10.5. The number of carbonyl (C=O) groups is 2. The fraction of sp³-hybridized carbons (Fsp3) is 0.455. The number of amides is 2. The Morgan fingerprint density at radius 3 is 2.58 bits per heavy atom. The molecule has 4 rings (SSSR count). The van der Waals surface area contributed by atoms with E-state index in [0.29, 0.717) is 28.7 Å². The third kappa shape index (κ3) is 5.15. The lowest BCUT2D eigenvalue weighted by Crippen LogP contribution is -2.40. The van der Waals surface area contributed by atoms with Crippen LogP contribution in [0.3, 0.4) is 0 Å². The number of rotatable bonds is 8. The van der Waals surface area contributed by atoms with Crippen molar-refractivity contribution in [2.75, 3.05) is 24.2 Å². The molecular formula is C22H25N7O2. The van der Waals surface area contributed by atoms with Gasteiger partial charge in [0.25, 0.3) is 0 Å². The maximum absolute atomic E-state index is 12.6. The van der Waals surface area contributed by atoms with E-state index >= 15 is 0 Å². The summed E-state index contributed by atoms with van der Waals surface area (Å²) < 4.78 is 0. The van der Waals surface area contributed by atoms with E-state index in [1.54, 1.807) is 37.3 Å². The molecule has 2 heterocycles. The molecule has 0 aliphatic heterocycles. The monoisotopic (exact) mass is 419 g/mol. The van der Waals surface area contributed by atoms with Gasteiger partial charge in [-0.25, -0.2) is 9.97 Å². The number of anilines is 2. The second-order valence-electron chi connectivity index (χ2n) is 8.31. The minimum Gasteiger partial charge on any atom is -0.372 e. The fourth-order valence-electron chi connectivity index (χ4n) is 3.32. The zero-order chi connectivity index (χ0) is 22.0. The number of hydrogen-bond donors (Lipinski definition) is 2. The Hall–Kier alpha value is -3.54. The molecule has 0 aromatic carbocycles. The number of pyridine rings is 1. The van der Waals surface area contributed by atoms with Crippen molar-refractivity contribution in [3.8, 4) is 17.3 Å². The SMILES string of the molecule is C[C@H](Nc1cc(-c2cnc(NC(=O)C3CC3)cn2)cnc1C#N)C(=O)N(C)CC1CC1. The lowest BCUT2D eigenvalue weighted by Gasteiger charge is -2.23. The van der Waals surface area contributed by atoms with Crippen LogP contribution in [0.4, 0.5) is 11.5 Å². The number of likely N-dealkylation sites (N-methyl/N-ethyl adjacent to an activating group) is 1. The number of hydrogen-bond acceptors (Lipinski definition) is 7. The largest absolute Gasteiger partial charge is 0.372 e. The molecule has 31 heavy (non-hydrogen) atoms. The molecule has 0 saturated heterocycles. The van der Waals surface area contributed by atoms with E-state index in [0.717, 1.165) is 19.4 Å². The number of carbonyl (C=O) groups excluding carboxylic acids is 2. The van der Waals surface area contributed by atoms with Gasteiger partial charge in [-0.2, -0.15) is 5.26 Å². The van der Waals surface area contributed by atoms with Crippen LogP contribution in [-0.4, -0.2) is 51.3 Å². The van der Waals surface area contributed by atoms with Gasteiger partial charge in [0.1, 0.15) is 12.1 Å². The quantitative estimate of drug-likeness (QED) is 0.673. The minimum atomic E-state index is -0.501. The summed E-state index contributed by atoms with van der Waals surface area (Å²) in [5.74, 6) is 1.04. The molecule has 2 N–H and O–H groups in total. The molecule has 2 aliphatic carbocycles. The molecule has 2 fully saturated rings. The van der Waals surface area contributed by atoms with Crippen LogP contribution in [0.25, 0.3) is 11.3 Å². The Morgan fingerprint density at radius 2 is 1.97 bits per heavy atom. The van der Waals surface area contributed by atoms with Crippen molar-refractivity contribution < 1.29 is 9.59 Å². The van der Waals surface area contributed by atoms with E-state index < -0.39 is 6.04 Å². The summed E-state index contributed by atoms with van der Waals surface area (Å²) in [7, 11) is 1.80. The van der Waals surface area contributed by atoms with Gasteiger partial charge in [0.05, 0.1) is 23.8 Å². The van der Waals surface area contributed by atoms with Crippen LogP contribution in [-0.2, 0) is 9.59 Å². The molecule has 9 nitrogen and oxygen atoms in total. The van der Waals surface area contributed by atoms with Crippen LogP contribution in [0.1, 0.15) is 38.3 Å². The van der Waals surface area contributed by atoms with Gasteiger partial charge < -0.3 is 15.5 Å². The predicted molar refractivity (Wildman–Crippen MR) is 115 cm³/mol. The number of aromatic nitrogens is 3. The Labute approximate surface area is 180 Å². The highest BCUT2D eigenvalue weighted by Crippen LogP contribution is 2.30. The Morgan fingerprint density at radius 1 is 1.19 bits per heavy atom. The van der Waals surface area contributed by atoms with E-state index in [9.17, 15) is 14.9 Å². The highest BCUT2D eigenvalue weighted by molar-refractivity contribution is 5.93. The first kappa shape index (κ1) is 20.7. The molecular weight excluding hydrogens is 394 g/mol. The lowest BCUT2D eigenvalue weighted by molar-refractivity contribution is -0.130. The second kappa shape index (κ2) is 8.68. The molecule has 0 bridgehead atoms. The van der Waals surface area contributed by atoms with Crippen molar-refractivity contribution in [1.29, 1.82) is 5.26 Å². The highest BCUT2D eigenvalue weighted by atomic mass is 16.2. The van der Waals surface area contributed by atoms with Crippen molar-refractivity contribution >= 4 is 23.3 Å². The van der Waals surface area contributed by atoms with Crippen LogP contribution in [0.15, 0.2) is 24.7 Å². The normalized spacial score (nSPS) is 16.2. The van der Waals surface area contributed by atoms with Crippen LogP contribution in [0.2, 0.25) is 0 Å². The summed E-state index contributed by atoms with van der Waals surface area (Å²) in [6.07, 6.45) is 8.78. The molecule has 0 unspecified atom stereocenters. The molecule has 2 amide bonds. The van der Waals surface area contributed by atoms with E-state index in [4.69, 9.17) is 0 Å². The zero-order valence-electron chi connectivity index (χ0n) is 17.6. The number of nitriles is 1. The van der Waals surface area contributed by atoms with E-state index in [2.05, 4.69) is 31.7 Å². The molecule has 0 radical (unpaired) electrons. The van der Waals surface area contributed by atoms with Crippen molar-refractivity contribution in [2.24, 2.45) is 11.8 Å². The lowest BCUT2D eigenvalue weighted by atomic mass is 10.1. The summed E-state index contributed by atoms with van der Waals surface area (Å²) in [6, 6.07) is 3.29. The van der Waals surface area contributed by atoms with Gasteiger partial charge in [0, 0.05) is 31.3 Å². The molecule has 1 atom stereocenters. The topological polar surface area (TPSA) is 124 Å². The summed E-state index contributed by atoms with van der Waals surface area (Å²) >= 11 is 0. The first-order chi connectivity index (χ1) is 14.9. The summed E-state index contributed by atoms with van der Waals surface area (Å²) in [5.41, 5.74) is 1.87. The Kier molecular flexibility index (Phi) is 5.80. The van der Waals surface area contributed by atoms with Gasteiger partial charge in [-0.1, -0.05) is 0 Å². The standard InChI is InChI=1S/C22H25N7O2/c1-13(22(31)29(2)12-14-3-4-14)27-17-7-16(9-24-18(17)8-23)19-10-26-20(11-25-19)28-21(30)15-5-6-15/h7,9-11,13-15,27H,3-6,12H2,1-2H3,(H,26,28,30)/t13-/m0/s1. The smallest absolute Gasteiger partial charge is 0.244 e. The molecule has 0 spiro atoms. The average Bonchev–Trinajstić information content (AvgIpc) is 3.68. The summed E-state index contributed by atoms with van der Waals surface area (Å²) in [6.45, 7) is 2.53. The van der Waals surface area contributed by atoms with Crippen LogP contribution in [0.5, 0.6) is 0 Å². The molecule has 2 aliphatic rings. The van der Waals surface area contributed by atoms with Crippen molar-refractivity contribution in [2.45, 2.75) is 38.6 Å². The van der Waals surface area contributed by atoms with Gasteiger partial charge in [-0.05, 0) is 44.6 Å². The Bertz CT molecular complexity index is 1020. The van der Waals surface area contributed by atoms with Crippen molar-refractivity contribution in [1.82, 2.24) is 19.9 Å². The average molecular weight is 419 g/mol. The molecule has 9 heteroatoms. The fourth-order valence-corrected chi connectivity index (χ4v) is 3.32. The maximum atomic E-state index is 12.6. The summed E-state index contributed by atoms with van der Waals surface area (Å²) in [4.78, 5) is 39.1. The first-order valence-corrected chi connectivity index (χ1v) is 10.5. The second-order valence-corrected chi connectivity index (χ2v) is 8.31. The molecule has 2 aromatic heterocycles. The van der Waals surface area contributed by atoms with Gasteiger partial charge in [0.2, 0.25) is 11.8 Å². The third-order valence-corrected chi connectivity index (χ3v) is 5.49. The van der Waals surface area contributed by atoms with Crippen LogP contribution < -0.4 is 10.6 Å². The van der Waals surface area contributed by atoms with E-state index in [-0.39, 0.29) is 23.4 Å². The summed E-state index contributed by atoms with van der Waals surface area (Å²) in [5, 5.41) is 15.3. The van der Waals surface area contributed by atoms with E-state index in [1.807, 2.05) is 0 Å². The Balaban J connectivity index is 1.47.